The molecule has 0 saturated carbocycles. The highest BCUT2D eigenvalue weighted by Gasteiger charge is 2.30. The molecule has 0 bridgehead atoms. The minimum absolute atomic E-state index is 0.0302. The number of fused-ring (bicyclic) bond motifs is 2. The van der Waals surface area contributed by atoms with E-state index < -0.39 is 45.7 Å². The first-order valence-electron chi connectivity index (χ1n) is 13.6. The molecule has 1 aliphatic heterocycles. The molecule has 0 unspecified atom stereocenters. The van der Waals surface area contributed by atoms with Crippen molar-refractivity contribution in [2.24, 2.45) is 0 Å². The second-order valence-corrected chi connectivity index (χ2v) is 11.7. The number of sulfonamides is 1. The number of nitrogens with one attached hydrogen (secondary N) is 2. The molecular formula is C32H28N4O9S. The Morgan fingerprint density at radius 3 is 2.33 bits per heavy atom. The van der Waals surface area contributed by atoms with Crippen LogP contribution in [0.15, 0.2) is 82.1 Å². The second-order valence-electron chi connectivity index (χ2n) is 10.1. The topological polar surface area (TPSA) is 202 Å². The highest BCUT2D eigenvalue weighted by atomic mass is 32.2. The predicted molar refractivity (Wildman–Crippen MR) is 169 cm³/mol. The smallest absolute Gasteiger partial charge is 0.325 e. The van der Waals surface area contributed by atoms with Gasteiger partial charge in [0, 0.05) is 39.9 Å². The Bertz CT molecular complexity index is 2130. The van der Waals surface area contributed by atoms with Crippen molar-refractivity contribution in [1.82, 2.24) is 0 Å². The number of anilines is 3. The third kappa shape index (κ3) is 6.05. The van der Waals surface area contributed by atoms with Gasteiger partial charge in [-0.25, -0.2) is 8.42 Å². The Morgan fingerprint density at radius 2 is 1.67 bits per heavy atom. The van der Waals surface area contributed by atoms with Crippen LogP contribution < -0.4 is 20.7 Å². The summed E-state index contributed by atoms with van der Waals surface area (Å²) >= 11 is 0. The summed E-state index contributed by atoms with van der Waals surface area (Å²) in [5, 5.41) is 19.6. The first kappa shape index (κ1) is 31.5. The van der Waals surface area contributed by atoms with E-state index in [0.717, 1.165) is 20.3 Å². The van der Waals surface area contributed by atoms with Crippen molar-refractivity contribution in [1.29, 1.82) is 5.41 Å². The van der Waals surface area contributed by atoms with Crippen LogP contribution in [0.1, 0.15) is 10.4 Å². The summed E-state index contributed by atoms with van der Waals surface area (Å²) < 4.78 is 45.7. The van der Waals surface area contributed by atoms with Crippen molar-refractivity contribution < 1.29 is 41.8 Å². The van der Waals surface area contributed by atoms with Gasteiger partial charge in [-0.15, -0.1) is 0 Å². The largest absolute Gasteiger partial charge is 0.506 e. The van der Waals surface area contributed by atoms with Crippen molar-refractivity contribution >= 4 is 56.3 Å². The molecule has 0 aromatic heterocycles. The van der Waals surface area contributed by atoms with Crippen molar-refractivity contribution in [3.8, 4) is 28.2 Å². The minimum atomic E-state index is -4.56. The number of carbonyl (C=O) groups is 3. The lowest BCUT2D eigenvalue weighted by atomic mass is 9.91. The summed E-state index contributed by atoms with van der Waals surface area (Å²) in [5.74, 6) is -2.01. The summed E-state index contributed by atoms with van der Waals surface area (Å²) in [5.41, 5.74) is 8.24. The van der Waals surface area contributed by atoms with Crippen molar-refractivity contribution in [2.75, 3.05) is 42.7 Å². The Balaban J connectivity index is 1.63. The number of hydrogen-bond acceptors (Lipinski definition) is 12. The van der Waals surface area contributed by atoms with Crippen LogP contribution in [0, 0.1) is 5.41 Å². The van der Waals surface area contributed by atoms with Gasteiger partial charge in [0.05, 0.1) is 31.0 Å². The number of carbonyl (C=O) groups excluding carboxylic acids is 3. The predicted octanol–water partition coefficient (Wildman–Crippen LogP) is 3.74. The molecule has 14 heteroatoms. The minimum Gasteiger partial charge on any atom is -0.506 e. The average molecular weight is 645 g/mol. The number of phenolic OH excluding ortho intramolecular Hbond substituents is 1. The number of nitrogen functional groups attached to an aromatic ring is 1. The number of aldehydes is 1. The monoisotopic (exact) mass is 644 g/mol. The van der Waals surface area contributed by atoms with Gasteiger partial charge >= 0.3 is 11.9 Å². The van der Waals surface area contributed by atoms with Crippen molar-refractivity contribution in [3.05, 3.63) is 83.7 Å². The Morgan fingerprint density at radius 1 is 0.978 bits per heavy atom. The molecule has 0 radical (unpaired) electrons. The number of nitrogens with zero attached hydrogens (tertiary/aromatic N) is 1. The van der Waals surface area contributed by atoms with Crippen LogP contribution >= 0.6 is 0 Å². The van der Waals surface area contributed by atoms with Crippen LogP contribution in [-0.2, 0) is 29.1 Å². The zero-order valence-corrected chi connectivity index (χ0v) is 25.4. The summed E-state index contributed by atoms with van der Waals surface area (Å²) in [7, 11) is -2.23. The molecule has 1 heterocycles. The van der Waals surface area contributed by atoms with Gasteiger partial charge in [0.1, 0.15) is 24.4 Å². The number of esters is 2. The van der Waals surface area contributed by atoms with E-state index in [2.05, 4.69) is 14.2 Å². The molecule has 1 aliphatic carbocycles. The van der Waals surface area contributed by atoms with E-state index in [1.807, 2.05) is 0 Å². The number of methoxy groups -OCH3 is 2. The molecule has 0 saturated heterocycles. The Kier molecular flexibility index (Phi) is 8.65. The molecule has 5 rings (SSSR count). The van der Waals surface area contributed by atoms with E-state index in [0.29, 0.717) is 39.6 Å². The molecule has 236 valence electrons. The van der Waals surface area contributed by atoms with E-state index in [9.17, 15) is 27.9 Å². The normalized spacial score (nSPS) is 11.3. The summed E-state index contributed by atoms with van der Waals surface area (Å²) in [6.45, 7) is -0.810. The lowest BCUT2D eigenvalue weighted by Crippen LogP contribution is -2.35. The Labute approximate surface area is 262 Å². The fourth-order valence-corrected chi connectivity index (χ4v) is 6.35. The molecule has 2 aliphatic rings. The number of rotatable bonds is 10. The number of aromatic hydroxyl groups is 1. The first-order chi connectivity index (χ1) is 22.0. The molecule has 46 heavy (non-hydrogen) atoms. The lowest BCUT2D eigenvalue weighted by molar-refractivity contribution is -0.140. The third-order valence-electron chi connectivity index (χ3n) is 7.16. The van der Waals surface area contributed by atoms with Gasteiger partial charge in [-0.2, -0.15) is 0 Å². The van der Waals surface area contributed by atoms with E-state index in [1.54, 1.807) is 42.5 Å². The maximum absolute atomic E-state index is 13.9. The van der Waals surface area contributed by atoms with Crippen molar-refractivity contribution in [2.45, 2.75) is 4.90 Å². The van der Waals surface area contributed by atoms with Gasteiger partial charge in [0.2, 0.25) is 0 Å². The maximum Gasteiger partial charge on any atom is 0.325 e. The van der Waals surface area contributed by atoms with Crippen LogP contribution in [0.25, 0.3) is 33.4 Å². The van der Waals surface area contributed by atoms with Crippen molar-refractivity contribution in [3.63, 3.8) is 0 Å². The van der Waals surface area contributed by atoms with Crippen LogP contribution in [0.4, 0.5) is 17.1 Å². The number of benzene rings is 4. The zero-order valence-electron chi connectivity index (χ0n) is 24.6. The lowest BCUT2D eigenvalue weighted by Gasteiger charge is -2.23. The third-order valence-corrected chi connectivity index (χ3v) is 8.61. The van der Waals surface area contributed by atoms with Crippen LogP contribution in [0.2, 0.25) is 0 Å². The molecule has 0 amide bonds. The number of phenols is 1. The second kappa shape index (κ2) is 12.6. The highest BCUT2D eigenvalue weighted by molar-refractivity contribution is 7.92. The van der Waals surface area contributed by atoms with E-state index >= 15 is 0 Å². The number of ether oxygens (including phenoxy) is 2. The van der Waals surface area contributed by atoms with Gasteiger partial charge in [0.25, 0.3) is 10.0 Å². The van der Waals surface area contributed by atoms with Gasteiger partial charge in [-0.3, -0.25) is 24.5 Å². The number of nitrogens with two attached hydrogens (primary N) is 1. The van der Waals surface area contributed by atoms with Gasteiger partial charge in [-0.1, -0.05) is 24.3 Å². The fraction of sp³-hybridized carbons (Fsp3) is 0.125. The summed E-state index contributed by atoms with van der Waals surface area (Å²) in [4.78, 5) is 36.6. The first-order valence-corrected chi connectivity index (χ1v) is 15.1. The molecule has 0 fully saturated rings. The summed E-state index contributed by atoms with van der Waals surface area (Å²) in [6, 6.07) is 18.2. The van der Waals surface area contributed by atoms with Gasteiger partial charge < -0.3 is 29.6 Å². The Hall–Kier alpha value is -5.89. The molecule has 0 atom stereocenters. The van der Waals surface area contributed by atoms with E-state index in [4.69, 9.17) is 15.6 Å². The maximum atomic E-state index is 13.9. The van der Waals surface area contributed by atoms with Crippen LogP contribution in [0.5, 0.6) is 5.75 Å². The van der Waals surface area contributed by atoms with E-state index in [1.165, 1.54) is 29.2 Å². The zero-order chi connectivity index (χ0) is 33.2. The standard InChI is InChI=1S/C32H28N4O9S/c1-43-28(39)15-36(16-29(40)44-2)25-12-8-20(14-26(25)38)35-46(41,42)32-24(34)11-10-23-30(21-6-4-3-5-18(21)17-37)22-9-7-19(33)13-27(22)45-31(23)32/h3-14,17,34-35,38H,15-16,33H2,1-2H3. The molecule has 5 N–H and O–H groups in total. The summed E-state index contributed by atoms with van der Waals surface area (Å²) in [6.07, 6.45) is 0.695. The molecule has 0 spiro atoms. The van der Waals surface area contributed by atoms with Crippen LogP contribution in [0.3, 0.4) is 0 Å². The van der Waals surface area contributed by atoms with Gasteiger partial charge in [0.15, 0.2) is 16.9 Å². The number of hydrogen-bond donors (Lipinski definition) is 4. The molecular weight excluding hydrogens is 616 g/mol. The molecule has 3 aromatic carbocycles. The fourth-order valence-electron chi connectivity index (χ4n) is 5.06. The average Bonchev–Trinajstić information content (AvgIpc) is 3.02. The van der Waals surface area contributed by atoms with Gasteiger partial charge in [-0.05, 0) is 42.0 Å². The molecule has 13 nitrogen and oxygen atoms in total. The SMILES string of the molecule is COC(=O)CN(CC(=O)OC)c1ccc(NS(=O)(=O)c2c3oc4cc(N)ccc4c(-c4ccccc4C=O)c-3ccc2=N)cc1O. The molecule has 3 aromatic rings. The van der Waals surface area contributed by atoms with E-state index in [-0.39, 0.29) is 28.1 Å². The quantitative estimate of drug-likeness (QED) is 0.0746. The van der Waals surface area contributed by atoms with Crippen LogP contribution in [-0.4, -0.2) is 59.1 Å². The highest BCUT2D eigenvalue weighted by Crippen LogP contribution is 2.43.